The normalized spacial score (nSPS) is 12.4. The number of primary amides is 1. The smallest absolute Gasteiger partial charge is 0.408 e. The number of nitrogens with two attached hydrogens (primary N) is 1. The van der Waals surface area contributed by atoms with Crippen molar-refractivity contribution in [2.75, 3.05) is 19.0 Å². The average molecular weight is 539 g/mol. The summed E-state index contributed by atoms with van der Waals surface area (Å²) in [6, 6.07) is 11.7. The Hall–Kier alpha value is -4.34. The maximum Gasteiger partial charge on any atom is 0.408 e. The van der Waals surface area contributed by atoms with Gasteiger partial charge in [-0.05, 0) is 69.5 Å². The first-order chi connectivity index (χ1) is 18.4. The second-order valence-electron chi connectivity index (χ2n) is 9.96. The summed E-state index contributed by atoms with van der Waals surface area (Å²) < 4.78 is 10.5. The van der Waals surface area contributed by atoms with Gasteiger partial charge in [0.2, 0.25) is 11.8 Å². The van der Waals surface area contributed by atoms with Crippen molar-refractivity contribution >= 4 is 29.5 Å². The van der Waals surface area contributed by atoms with Gasteiger partial charge in [-0.2, -0.15) is 0 Å². The molecule has 10 heteroatoms. The van der Waals surface area contributed by atoms with Crippen LogP contribution in [0.25, 0.3) is 0 Å². The highest BCUT2D eigenvalue weighted by Gasteiger charge is 2.36. The number of rotatable bonds is 12. The lowest BCUT2D eigenvalue weighted by atomic mass is 9.97. The van der Waals surface area contributed by atoms with Gasteiger partial charge in [0.25, 0.3) is 5.91 Å². The van der Waals surface area contributed by atoms with Crippen LogP contribution in [0.2, 0.25) is 0 Å². The van der Waals surface area contributed by atoms with Crippen LogP contribution in [0.4, 0.5) is 10.5 Å². The summed E-state index contributed by atoms with van der Waals surface area (Å²) in [6.45, 7) is 10.6. The van der Waals surface area contributed by atoms with E-state index in [1.165, 1.54) is 11.0 Å². The lowest BCUT2D eigenvalue weighted by Crippen LogP contribution is -2.52. The molecule has 4 N–H and O–H groups in total. The number of nitrogens with one attached hydrogen (secondary N) is 2. The highest BCUT2D eigenvalue weighted by atomic mass is 16.6. The van der Waals surface area contributed by atoms with Gasteiger partial charge in [-0.1, -0.05) is 30.3 Å². The third-order valence-electron chi connectivity index (χ3n) is 5.68. The predicted octanol–water partition coefficient (Wildman–Crippen LogP) is 3.86. The highest BCUT2D eigenvalue weighted by Crippen LogP contribution is 2.28. The van der Waals surface area contributed by atoms with E-state index in [4.69, 9.17) is 15.2 Å². The summed E-state index contributed by atoms with van der Waals surface area (Å²) in [5.74, 6) is -1.09. The Balaban J connectivity index is 2.50. The van der Waals surface area contributed by atoms with E-state index in [9.17, 15) is 19.2 Å². The maximum atomic E-state index is 14.0. The molecule has 0 aliphatic carbocycles. The molecule has 2 unspecified atom stereocenters. The number of hydrogen-bond donors (Lipinski definition) is 3. The molecule has 2 aromatic rings. The molecule has 0 aliphatic heterocycles. The van der Waals surface area contributed by atoms with E-state index in [1.807, 2.05) is 19.1 Å². The third kappa shape index (κ3) is 9.48. The standard InChI is InChI=1S/C29H38N4O6/c1-7-18-33(27(36)23(16-17-24(30)34)32-28(37)39-29(3,4)5)25(22-11-9-8-10-19(22)2)26(35)31-20-12-14-21(38-6)15-13-20/h7-15,23,25H,1,16-18H2,2-6H3,(H2,30,34)(H,31,35)(H,32,37). The van der Waals surface area contributed by atoms with E-state index in [-0.39, 0.29) is 19.4 Å². The van der Waals surface area contributed by atoms with Crippen LogP contribution in [0.15, 0.2) is 61.2 Å². The zero-order valence-corrected chi connectivity index (χ0v) is 23.2. The fourth-order valence-corrected chi connectivity index (χ4v) is 3.88. The first-order valence-corrected chi connectivity index (χ1v) is 12.6. The summed E-state index contributed by atoms with van der Waals surface area (Å²) in [5, 5.41) is 5.41. The number of nitrogens with zero attached hydrogens (tertiary/aromatic N) is 1. The first kappa shape index (κ1) is 30.9. The van der Waals surface area contributed by atoms with Crippen LogP contribution >= 0.6 is 0 Å². The van der Waals surface area contributed by atoms with Crippen LogP contribution in [-0.2, 0) is 19.1 Å². The molecule has 2 aromatic carbocycles. The van der Waals surface area contributed by atoms with Crippen molar-refractivity contribution in [2.45, 2.75) is 58.2 Å². The minimum Gasteiger partial charge on any atom is -0.497 e. The Morgan fingerprint density at radius 3 is 2.26 bits per heavy atom. The molecule has 39 heavy (non-hydrogen) atoms. The zero-order chi connectivity index (χ0) is 29.2. The molecule has 0 bridgehead atoms. The molecule has 4 amide bonds. The van der Waals surface area contributed by atoms with Crippen molar-refractivity contribution in [2.24, 2.45) is 5.73 Å². The quantitative estimate of drug-likeness (QED) is 0.351. The Bertz CT molecular complexity index is 1170. The fourth-order valence-electron chi connectivity index (χ4n) is 3.88. The van der Waals surface area contributed by atoms with Crippen molar-refractivity contribution in [3.63, 3.8) is 0 Å². The first-order valence-electron chi connectivity index (χ1n) is 12.6. The van der Waals surface area contributed by atoms with E-state index < -0.39 is 41.5 Å². The number of carbonyl (C=O) groups excluding carboxylic acids is 4. The van der Waals surface area contributed by atoms with E-state index >= 15 is 0 Å². The molecule has 0 heterocycles. The molecule has 0 saturated carbocycles. The zero-order valence-electron chi connectivity index (χ0n) is 23.2. The summed E-state index contributed by atoms with van der Waals surface area (Å²) >= 11 is 0. The van der Waals surface area contributed by atoms with Crippen molar-refractivity contribution in [3.05, 3.63) is 72.3 Å². The molecule has 0 aliphatic rings. The Morgan fingerprint density at radius 1 is 1.08 bits per heavy atom. The lowest BCUT2D eigenvalue weighted by Gasteiger charge is -2.34. The number of methoxy groups -OCH3 is 1. The Morgan fingerprint density at radius 2 is 1.72 bits per heavy atom. The molecule has 0 saturated heterocycles. The summed E-state index contributed by atoms with van der Waals surface area (Å²) in [6.07, 6.45) is 0.407. The number of benzene rings is 2. The third-order valence-corrected chi connectivity index (χ3v) is 5.68. The number of amides is 4. The largest absolute Gasteiger partial charge is 0.497 e. The van der Waals surface area contributed by atoms with Crippen molar-refractivity contribution < 1.29 is 28.7 Å². The Labute approximate surface area is 229 Å². The summed E-state index contributed by atoms with van der Waals surface area (Å²) in [7, 11) is 1.54. The van der Waals surface area contributed by atoms with Gasteiger partial charge in [0.05, 0.1) is 7.11 Å². The van der Waals surface area contributed by atoms with E-state index in [1.54, 1.807) is 64.3 Å². The predicted molar refractivity (Wildman–Crippen MR) is 149 cm³/mol. The number of carbonyl (C=O) groups is 4. The molecule has 210 valence electrons. The molecule has 2 rings (SSSR count). The molecular formula is C29H38N4O6. The Kier molecular flexibility index (Phi) is 11.1. The molecular weight excluding hydrogens is 500 g/mol. The van der Waals surface area contributed by atoms with Gasteiger partial charge >= 0.3 is 6.09 Å². The molecule has 2 atom stereocenters. The molecule has 0 fully saturated rings. The van der Waals surface area contributed by atoms with Crippen LogP contribution in [0.1, 0.15) is 50.8 Å². The van der Waals surface area contributed by atoms with Crippen molar-refractivity contribution in [3.8, 4) is 5.75 Å². The number of hydrogen-bond acceptors (Lipinski definition) is 6. The lowest BCUT2D eigenvalue weighted by molar-refractivity contribution is -0.140. The highest BCUT2D eigenvalue weighted by molar-refractivity contribution is 5.99. The van der Waals surface area contributed by atoms with Gasteiger partial charge in [0.1, 0.15) is 23.4 Å². The SMILES string of the molecule is C=CCN(C(=O)C(CCC(N)=O)NC(=O)OC(C)(C)C)C(C(=O)Nc1ccc(OC)cc1)c1ccccc1C. The van der Waals surface area contributed by atoms with Crippen LogP contribution in [0, 0.1) is 6.92 Å². The summed E-state index contributed by atoms with van der Waals surface area (Å²) in [4.78, 5) is 53.2. The van der Waals surface area contributed by atoms with Gasteiger partial charge < -0.3 is 30.7 Å². The van der Waals surface area contributed by atoms with Gasteiger partial charge in [-0.25, -0.2) is 4.79 Å². The van der Waals surface area contributed by atoms with Crippen LogP contribution in [0.5, 0.6) is 5.75 Å². The number of alkyl carbamates (subject to hydrolysis) is 1. The van der Waals surface area contributed by atoms with Gasteiger partial charge in [-0.3, -0.25) is 14.4 Å². The van der Waals surface area contributed by atoms with Gasteiger partial charge in [-0.15, -0.1) is 6.58 Å². The number of ether oxygens (including phenoxy) is 2. The van der Waals surface area contributed by atoms with E-state index in [0.717, 1.165) is 5.56 Å². The van der Waals surface area contributed by atoms with Crippen LogP contribution in [-0.4, -0.2) is 54.0 Å². The minimum atomic E-state index is -1.19. The van der Waals surface area contributed by atoms with E-state index in [0.29, 0.717) is 17.0 Å². The topological polar surface area (TPSA) is 140 Å². The van der Waals surface area contributed by atoms with Crippen molar-refractivity contribution in [1.29, 1.82) is 0 Å². The molecule has 10 nitrogen and oxygen atoms in total. The number of anilines is 1. The number of aryl methyl sites for hydroxylation is 1. The fraction of sp³-hybridized carbons (Fsp3) is 0.379. The molecule has 0 spiro atoms. The molecule has 0 aromatic heterocycles. The van der Waals surface area contributed by atoms with Gasteiger partial charge in [0, 0.05) is 18.7 Å². The van der Waals surface area contributed by atoms with Crippen molar-refractivity contribution in [1.82, 2.24) is 10.2 Å². The van der Waals surface area contributed by atoms with E-state index in [2.05, 4.69) is 17.2 Å². The maximum absolute atomic E-state index is 14.0. The van der Waals surface area contributed by atoms with Gasteiger partial charge in [0.15, 0.2) is 0 Å². The minimum absolute atomic E-state index is 0.0169. The average Bonchev–Trinajstić information content (AvgIpc) is 2.86. The summed E-state index contributed by atoms with van der Waals surface area (Å²) in [5.41, 5.74) is 6.39. The van der Waals surface area contributed by atoms with Crippen LogP contribution < -0.4 is 21.1 Å². The second kappa shape index (κ2) is 14.0. The molecule has 0 radical (unpaired) electrons. The van der Waals surface area contributed by atoms with Crippen LogP contribution in [0.3, 0.4) is 0 Å². The monoisotopic (exact) mass is 538 g/mol. The second-order valence-corrected chi connectivity index (χ2v) is 9.96.